The van der Waals surface area contributed by atoms with E-state index >= 15 is 0 Å². The van der Waals surface area contributed by atoms with Crippen molar-refractivity contribution in [2.24, 2.45) is 0 Å². The highest BCUT2D eigenvalue weighted by molar-refractivity contribution is 5.90. The number of carbonyl (C=O) groups excluding carboxylic acids is 2. The lowest BCUT2D eigenvalue weighted by molar-refractivity contribution is -0.131. The smallest absolute Gasteiger partial charge is 0.226 e. The molecule has 0 aliphatic carbocycles. The van der Waals surface area contributed by atoms with Crippen LogP contribution in [0.4, 0.5) is 5.82 Å². The molecule has 0 spiro atoms. The van der Waals surface area contributed by atoms with Gasteiger partial charge in [-0.3, -0.25) is 9.59 Å². The zero-order chi connectivity index (χ0) is 19.5. The second kappa shape index (κ2) is 7.84. The largest absolute Gasteiger partial charge is 0.342 e. The molecule has 3 heterocycles. The first-order valence-electron chi connectivity index (χ1n) is 9.73. The molecule has 0 unspecified atom stereocenters. The zero-order valence-corrected chi connectivity index (χ0v) is 16.0. The van der Waals surface area contributed by atoms with E-state index in [1.165, 1.54) is 13.3 Å². The lowest BCUT2D eigenvalue weighted by Crippen LogP contribution is -2.36. The third-order valence-electron chi connectivity index (χ3n) is 5.14. The summed E-state index contributed by atoms with van der Waals surface area (Å²) < 4.78 is 1.76. The summed E-state index contributed by atoms with van der Waals surface area (Å²) in [6.07, 6.45) is 5.75. The number of hydrogen-bond acceptors (Lipinski definition) is 3. The number of likely N-dealkylation sites (tertiary alicyclic amines) is 1. The molecule has 1 N–H and O–H groups in total. The van der Waals surface area contributed by atoms with Crippen molar-refractivity contribution in [2.45, 2.75) is 32.6 Å². The number of rotatable bonds is 4. The van der Waals surface area contributed by atoms with E-state index in [1.54, 1.807) is 4.52 Å². The van der Waals surface area contributed by atoms with Crippen LogP contribution in [0.5, 0.6) is 0 Å². The standard InChI is InChI=1S/C22H24N4O2/c1-16(27)23-21-15-20-19(6-5-13-26(20)24-21)18-9-7-17(8-10-18)14-22(28)25-11-3-2-4-12-25/h5-10,13,15H,2-4,11-12,14H2,1H3,(H,23,24,27). The van der Waals surface area contributed by atoms with Gasteiger partial charge in [0.05, 0.1) is 11.9 Å². The van der Waals surface area contributed by atoms with Crippen molar-refractivity contribution in [3.05, 3.63) is 54.2 Å². The Kier molecular flexibility index (Phi) is 5.10. The average molecular weight is 376 g/mol. The number of benzene rings is 1. The predicted octanol–water partition coefficient (Wildman–Crippen LogP) is 3.51. The fraction of sp³-hybridized carbons (Fsp3) is 0.318. The first kappa shape index (κ1) is 18.2. The summed E-state index contributed by atoms with van der Waals surface area (Å²) >= 11 is 0. The van der Waals surface area contributed by atoms with E-state index in [9.17, 15) is 9.59 Å². The Balaban J connectivity index is 1.54. The van der Waals surface area contributed by atoms with Gasteiger partial charge in [0.15, 0.2) is 5.82 Å². The van der Waals surface area contributed by atoms with E-state index < -0.39 is 0 Å². The molecular formula is C22H24N4O2. The summed E-state index contributed by atoms with van der Waals surface area (Å²) in [4.78, 5) is 25.7. The van der Waals surface area contributed by atoms with Gasteiger partial charge < -0.3 is 10.2 Å². The van der Waals surface area contributed by atoms with E-state index in [4.69, 9.17) is 0 Å². The molecule has 1 aliphatic rings. The first-order valence-corrected chi connectivity index (χ1v) is 9.73. The first-order chi connectivity index (χ1) is 13.6. The second-order valence-corrected chi connectivity index (χ2v) is 7.28. The Morgan fingerprint density at radius 3 is 2.54 bits per heavy atom. The Hall–Kier alpha value is -3.15. The molecule has 28 heavy (non-hydrogen) atoms. The van der Waals surface area contributed by atoms with Crippen LogP contribution in [0.3, 0.4) is 0 Å². The van der Waals surface area contributed by atoms with Crippen LogP contribution in [0.15, 0.2) is 48.7 Å². The summed E-state index contributed by atoms with van der Waals surface area (Å²) in [5, 5.41) is 7.10. The van der Waals surface area contributed by atoms with Crippen molar-refractivity contribution in [1.82, 2.24) is 14.5 Å². The lowest BCUT2D eigenvalue weighted by Gasteiger charge is -2.26. The number of anilines is 1. The van der Waals surface area contributed by atoms with Crippen LogP contribution in [0.1, 0.15) is 31.7 Å². The monoisotopic (exact) mass is 376 g/mol. The fourth-order valence-corrected chi connectivity index (χ4v) is 3.73. The van der Waals surface area contributed by atoms with E-state index in [1.807, 2.05) is 53.6 Å². The van der Waals surface area contributed by atoms with Crippen molar-refractivity contribution in [3.8, 4) is 11.1 Å². The number of pyridine rings is 1. The molecule has 6 nitrogen and oxygen atoms in total. The molecule has 3 aromatic rings. The molecule has 1 fully saturated rings. The van der Waals surface area contributed by atoms with Crippen LogP contribution >= 0.6 is 0 Å². The number of piperidine rings is 1. The second-order valence-electron chi connectivity index (χ2n) is 7.28. The third-order valence-corrected chi connectivity index (χ3v) is 5.14. The van der Waals surface area contributed by atoms with Gasteiger partial charge in [0.2, 0.25) is 11.8 Å². The van der Waals surface area contributed by atoms with Crippen molar-refractivity contribution in [3.63, 3.8) is 0 Å². The van der Waals surface area contributed by atoms with Crippen molar-refractivity contribution < 1.29 is 9.59 Å². The Labute approximate surface area is 164 Å². The SMILES string of the molecule is CC(=O)Nc1cc2c(-c3ccc(CC(=O)N4CCCCC4)cc3)cccn2n1. The molecule has 0 saturated carbocycles. The zero-order valence-electron chi connectivity index (χ0n) is 16.0. The highest BCUT2D eigenvalue weighted by Crippen LogP contribution is 2.27. The van der Waals surface area contributed by atoms with Crippen molar-refractivity contribution >= 4 is 23.1 Å². The molecule has 144 valence electrons. The van der Waals surface area contributed by atoms with E-state index in [0.717, 1.165) is 48.1 Å². The molecule has 2 aromatic heterocycles. The van der Waals surface area contributed by atoms with Crippen LogP contribution in [0.25, 0.3) is 16.6 Å². The normalized spacial score (nSPS) is 14.2. The van der Waals surface area contributed by atoms with Gasteiger partial charge in [0, 0.05) is 37.8 Å². The molecule has 1 aliphatic heterocycles. The van der Waals surface area contributed by atoms with Gasteiger partial charge in [-0.05, 0) is 36.5 Å². The third kappa shape index (κ3) is 3.91. The number of nitrogens with zero attached hydrogens (tertiary/aromatic N) is 3. The number of hydrogen-bond donors (Lipinski definition) is 1. The maximum absolute atomic E-state index is 12.5. The summed E-state index contributed by atoms with van der Waals surface area (Å²) in [5.41, 5.74) is 4.02. The van der Waals surface area contributed by atoms with Crippen molar-refractivity contribution in [2.75, 3.05) is 18.4 Å². The van der Waals surface area contributed by atoms with Crippen molar-refractivity contribution in [1.29, 1.82) is 0 Å². The van der Waals surface area contributed by atoms with Crippen LogP contribution in [-0.4, -0.2) is 39.4 Å². The number of aromatic nitrogens is 2. The molecule has 1 saturated heterocycles. The Bertz CT molecular complexity index is 1000. The summed E-state index contributed by atoms with van der Waals surface area (Å²) in [6, 6.07) is 13.9. The van der Waals surface area contributed by atoms with Gasteiger partial charge in [0.1, 0.15) is 0 Å². The van der Waals surface area contributed by atoms with E-state index in [-0.39, 0.29) is 11.8 Å². The van der Waals surface area contributed by atoms with Gasteiger partial charge in [0.25, 0.3) is 0 Å². The molecule has 0 bridgehead atoms. The van der Waals surface area contributed by atoms with Crippen LogP contribution in [0, 0.1) is 0 Å². The van der Waals surface area contributed by atoms with Gasteiger partial charge in [-0.1, -0.05) is 30.3 Å². The van der Waals surface area contributed by atoms with E-state index in [2.05, 4.69) is 10.4 Å². The summed E-state index contributed by atoms with van der Waals surface area (Å²) in [6.45, 7) is 3.24. The topological polar surface area (TPSA) is 66.7 Å². The molecule has 1 aromatic carbocycles. The average Bonchev–Trinajstić information content (AvgIpc) is 3.11. The number of amides is 2. The minimum Gasteiger partial charge on any atom is -0.342 e. The predicted molar refractivity (Wildman–Crippen MR) is 109 cm³/mol. The number of fused-ring (bicyclic) bond motifs is 1. The van der Waals surface area contributed by atoms with Crippen LogP contribution in [0.2, 0.25) is 0 Å². The molecule has 6 heteroatoms. The Morgan fingerprint density at radius 2 is 1.82 bits per heavy atom. The van der Waals surface area contributed by atoms with Crippen LogP contribution in [-0.2, 0) is 16.0 Å². The number of nitrogens with one attached hydrogen (secondary N) is 1. The molecule has 4 rings (SSSR count). The van der Waals surface area contributed by atoms with Crippen LogP contribution < -0.4 is 5.32 Å². The van der Waals surface area contributed by atoms with E-state index in [0.29, 0.717) is 12.2 Å². The van der Waals surface area contributed by atoms with Gasteiger partial charge >= 0.3 is 0 Å². The maximum atomic E-state index is 12.5. The Morgan fingerprint density at radius 1 is 1.07 bits per heavy atom. The minimum absolute atomic E-state index is 0.146. The molecule has 2 amide bonds. The van der Waals surface area contributed by atoms with Gasteiger partial charge in [-0.2, -0.15) is 5.10 Å². The lowest BCUT2D eigenvalue weighted by atomic mass is 10.0. The maximum Gasteiger partial charge on any atom is 0.226 e. The number of carbonyl (C=O) groups is 2. The van der Waals surface area contributed by atoms with Gasteiger partial charge in [-0.15, -0.1) is 0 Å². The molecule has 0 atom stereocenters. The quantitative estimate of drug-likeness (QED) is 0.758. The summed E-state index contributed by atoms with van der Waals surface area (Å²) in [7, 11) is 0. The highest BCUT2D eigenvalue weighted by Gasteiger charge is 2.16. The summed E-state index contributed by atoms with van der Waals surface area (Å²) in [5.74, 6) is 0.599. The highest BCUT2D eigenvalue weighted by atomic mass is 16.2. The minimum atomic E-state index is -0.146. The molecular weight excluding hydrogens is 352 g/mol. The molecule has 0 radical (unpaired) electrons. The fourth-order valence-electron chi connectivity index (χ4n) is 3.73. The van der Waals surface area contributed by atoms with Gasteiger partial charge in [-0.25, -0.2) is 4.52 Å².